The van der Waals surface area contributed by atoms with Crippen LogP contribution in [0.1, 0.15) is 36.7 Å². The number of aryl methyl sites for hydroxylation is 1. The molecule has 0 aliphatic heterocycles. The number of amides is 2. The topological polar surface area (TPSA) is 66.4 Å². The van der Waals surface area contributed by atoms with E-state index >= 15 is 0 Å². The van der Waals surface area contributed by atoms with Gasteiger partial charge >= 0.3 is 0 Å². The van der Waals surface area contributed by atoms with Crippen LogP contribution in [0.5, 0.6) is 0 Å². The number of benzene rings is 2. The summed E-state index contributed by atoms with van der Waals surface area (Å²) in [6, 6.07) is 17.0. The molecule has 0 aliphatic carbocycles. The van der Waals surface area contributed by atoms with Gasteiger partial charge in [0.15, 0.2) is 0 Å². The highest BCUT2D eigenvalue weighted by Crippen LogP contribution is 2.23. The first kappa shape index (κ1) is 23.3. The van der Waals surface area contributed by atoms with Crippen LogP contribution in [0.15, 0.2) is 66.5 Å². The molecule has 3 aromatic rings. The summed E-state index contributed by atoms with van der Waals surface area (Å²) in [6.45, 7) is 10.2. The molecule has 0 bridgehead atoms. The Balaban J connectivity index is 1.89. The maximum Gasteiger partial charge on any atom is 0.267 e. The van der Waals surface area contributed by atoms with Gasteiger partial charge in [0.25, 0.3) is 11.8 Å². The van der Waals surface area contributed by atoms with Crippen LogP contribution in [-0.2, 0) is 11.3 Å². The Morgan fingerprint density at radius 3 is 2.34 bits per heavy atom. The van der Waals surface area contributed by atoms with Gasteiger partial charge in [-0.2, -0.15) is 0 Å². The largest absolute Gasteiger partial charge is 0.349 e. The van der Waals surface area contributed by atoms with Gasteiger partial charge in [-0.05, 0) is 44.3 Å². The van der Waals surface area contributed by atoms with Gasteiger partial charge in [-0.1, -0.05) is 50.2 Å². The van der Waals surface area contributed by atoms with Gasteiger partial charge in [-0.3, -0.25) is 9.59 Å². The molecule has 0 spiro atoms. The molecule has 3 rings (SSSR count). The van der Waals surface area contributed by atoms with Gasteiger partial charge in [0.05, 0.1) is 0 Å². The molecule has 0 saturated carbocycles. The fourth-order valence-corrected chi connectivity index (χ4v) is 3.71. The third-order valence-electron chi connectivity index (χ3n) is 5.60. The van der Waals surface area contributed by atoms with Gasteiger partial charge in [0.1, 0.15) is 5.70 Å². The number of hydrogen-bond donors (Lipinski definition) is 2. The summed E-state index contributed by atoms with van der Waals surface area (Å²) in [5.41, 5.74) is 2.73. The number of aromatic nitrogens is 1. The molecule has 2 N–H and O–H groups in total. The van der Waals surface area contributed by atoms with Crippen LogP contribution >= 0.6 is 0 Å². The van der Waals surface area contributed by atoms with Crippen LogP contribution < -0.4 is 10.6 Å². The summed E-state index contributed by atoms with van der Waals surface area (Å²) in [5.74, 6) is -0.607. The van der Waals surface area contributed by atoms with Gasteiger partial charge in [0, 0.05) is 47.9 Å². The van der Waals surface area contributed by atoms with Gasteiger partial charge in [0.2, 0.25) is 0 Å². The molecule has 0 fully saturated rings. The van der Waals surface area contributed by atoms with Crippen LogP contribution in [0.25, 0.3) is 17.0 Å². The number of fused-ring (bicyclic) bond motifs is 1. The zero-order valence-corrected chi connectivity index (χ0v) is 19.1. The molecule has 0 radical (unpaired) electrons. The minimum atomic E-state index is -0.310. The standard InChI is InChI=1S/C26H32N4O2/c1-4-29(5-2)17-16-27-26(32)23(28-25(31)20-12-8-7-9-13-20)18-21-19-30(6-3)24-15-11-10-14-22(21)24/h7-15,18-19H,4-6,16-17H2,1-3H3,(H,27,32)(H,28,31)/b23-18-. The highest BCUT2D eigenvalue weighted by Gasteiger charge is 2.16. The van der Waals surface area contributed by atoms with Crippen LogP contribution in [0.2, 0.25) is 0 Å². The lowest BCUT2D eigenvalue weighted by atomic mass is 10.1. The second-order valence-corrected chi connectivity index (χ2v) is 7.55. The van der Waals surface area contributed by atoms with E-state index in [4.69, 9.17) is 0 Å². The fraction of sp³-hybridized carbons (Fsp3) is 0.308. The second kappa shape index (κ2) is 11.3. The van der Waals surface area contributed by atoms with Crippen LogP contribution in [-0.4, -0.2) is 47.5 Å². The minimum absolute atomic E-state index is 0.234. The van der Waals surface area contributed by atoms with E-state index in [0.717, 1.165) is 42.6 Å². The number of nitrogens with one attached hydrogen (secondary N) is 2. The number of carbonyl (C=O) groups excluding carboxylic acids is 2. The molecule has 2 amide bonds. The molecule has 0 unspecified atom stereocenters. The van der Waals surface area contributed by atoms with Crippen molar-refractivity contribution in [2.45, 2.75) is 27.3 Å². The minimum Gasteiger partial charge on any atom is -0.349 e. The highest BCUT2D eigenvalue weighted by atomic mass is 16.2. The molecule has 6 heteroatoms. The first-order valence-corrected chi connectivity index (χ1v) is 11.2. The predicted octanol–water partition coefficient (Wildman–Crippen LogP) is 3.89. The average Bonchev–Trinajstić information content (AvgIpc) is 3.19. The van der Waals surface area contributed by atoms with E-state index in [1.54, 1.807) is 30.3 Å². The maximum atomic E-state index is 13.1. The SMILES string of the molecule is CCN(CC)CCNC(=O)/C(=C/c1cn(CC)c2ccccc12)NC(=O)c1ccccc1. The van der Waals surface area contributed by atoms with Gasteiger partial charge < -0.3 is 20.1 Å². The van der Waals surface area contributed by atoms with Crippen molar-refractivity contribution in [3.8, 4) is 0 Å². The van der Waals surface area contributed by atoms with E-state index in [9.17, 15) is 9.59 Å². The zero-order chi connectivity index (χ0) is 22.9. The summed E-state index contributed by atoms with van der Waals surface area (Å²) >= 11 is 0. The van der Waals surface area contributed by atoms with E-state index < -0.39 is 0 Å². The number of hydrogen-bond acceptors (Lipinski definition) is 3. The van der Waals surface area contributed by atoms with E-state index in [0.29, 0.717) is 12.1 Å². The lowest BCUT2D eigenvalue weighted by Crippen LogP contribution is -2.39. The molecule has 1 heterocycles. The molecule has 0 saturated heterocycles. The van der Waals surface area contributed by atoms with Gasteiger partial charge in [-0.25, -0.2) is 0 Å². The van der Waals surface area contributed by atoms with Crippen molar-refractivity contribution in [2.75, 3.05) is 26.2 Å². The van der Waals surface area contributed by atoms with E-state index in [2.05, 4.69) is 46.9 Å². The Morgan fingerprint density at radius 2 is 1.66 bits per heavy atom. The van der Waals surface area contributed by atoms with Crippen molar-refractivity contribution in [2.24, 2.45) is 0 Å². The molecule has 0 aliphatic rings. The highest BCUT2D eigenvalue weighted by molar-refractivity contribution is 6.06. The Hall–Kier alpha value is -3.38. The Labute approximate surface area is 189 Å². The predicted molar refractivity (Wildman–Crippen MR) is 130 cm³/mol. The van der Waals surface area contributed by atoms with Crippen molar-refractivity contribution >= 4 is 28.8 Å². The normalized spacial score (nSPS) is 11.7. The van der Waals surface area contributed by atoms with Crippen molar-refractivity contribution in [1.29, 1.82) is 0 Å². The zero-order valence-electron chi connectivity index (χ0n) is 19.1. The summed E-state index contributed by atoms with van der Waals surface area (Å²) < 4.78 is 2.14. The Kier molecular flexibility index (Phi) is 8.22. The summed E-state index contributed by atoms with van der Waals surface area (Å²) in [7, 11) is 0. The molecular weight excluding hydrogens is 400 g/mol. The quantitative estimate of drug-likeness (QED) is 0.478. The molecule has 6 nitrogen and oxygen atoms in total. The smallest absolute Gasteiger partial charge is 0.267 e. The molecular formula is C26H32N4O2. The molecule has 2 aromatic carbocycles. The Bertz CT molecular complexity index is 1080. The lowest BCUT2D eigenvalue weighted by Gasteiger charge is -2.18. The number of likely N-dealkylation sites (N-methyl/N-ethyl adjacent to an activating group) is 1. The first-order chi connectivity index (χ1) is 15.6. The Morgan fingerprint density at radius 1 is 0.969 bits per heavy atom. The van der Waals surface area contributed by atoms with Crippen molar-refractivity contribution in [1.82, 2.24) is 20.1 Å². The second-order valence-electron chi connectivity index (χ2n) is 7.55. The van der Waals surface area contributed by atoms with Crippen LogP contribution in [0, 0.1) is 0 Å². The van der Waals surface area contributed by atoms with E-state index in [-0.39, 0.29) is 17.5 Å². The molecule has 1 aromatic heterocycles. The number of rotatable bonds is 10. The van der Waals surface area contributed by atoms with E-state index in [1.165, 1.54) is 0 Å². The van der Waals surface area contributed by atoms with Crippen molar-refractivity contribution in [3.05, 3.63) is 77.6 Å². The molecule has 168 valence electrons. The van der Waals surface area contributed by atoms with Gasteiger partial charge in [-0.15, -0.1) is 0 Å². The third kappa shape index (κ3) is 5.65. The summed E-state index contributed by atoms with van der Waals surface area (Å²) in [4.78, 5) is 28.1. The fourth-order valence-electron chi connectivity index (χ4n) is 3.71. The van der Waals surface area contributed by atoms with Crippen molar-refractivity contribution in [3.63, 3.8) is 0 Å². The molecule has 0 atom stereocenters. The molecule has 32 heavy (non-hydrogen) atoms. The summed E-state index contributed by atoms with van der Waals surface area (Å²) in [5, 5.41) is 6.82. The monoisotopic (exact) mass is 432 g/mol. The van der Waals surface area contributed by atoms with Crippen LogP contribution in [0.3, 0.4) is 0 Å². The van der Waals surface area contributed by atoms with Crippen molar-refractivity contribution < 1.29 is 9.59 Å². The van der Waals surface area contributed by atoms with E-state index in [1.807, 2.05) is 30.5 Å². The number of para-hydroxylation sites is 1. The maximum absolute atomic E-state index is 13.1. The van der Waals surface area contributed by atoms with Crippen LogP contribution in [0.4, 0.5) is 0 Å². The lowest BCUT2D eigenvalue weighted by molar-refractivity contribution is -0.117. The number of carbonyl (C=O) groups is 2. The third-order valence-corrected chi connectivity index (χ3v) is 5.60. The summed E-state index contributed by atoms with van der Waals surface area (Å²) in [6.07, 6.45) is 3.78. The number of nitrogens with zero attached hydrogens (tertiary/aromatic N) is 2. The average molecular weight is 433 g/mol. The first-order valence-electron chi connectivity index (χ1n) is 11.2.